The largest absolute Gasteiger partial charge is 0.350 e. The van der Waals surface area contributed by atoms with Crippen molar-refractivity contribution in [3.8, 4) is 0 Å². The lowest BCUT2D eigenvalue weighted by Gasteiger charge is -2.09. The van der Waals surface area contributed by atoms with Crippen molar-refractivity contribution < 1.29 is 9.59 Å². The lowest BCUT2D eigenvalue weighted by molar-refractivity contribution is -0.117. The van der Waals surface area contributed by atoms with Gasteiger partial charge in [0.25, 0.3) is 5.91 Å². The topological polar surface area (TPSA) is 76.0 Å². The van der Waals surface area contributed by atoms with Gasteiger partial charge in [0.15, 0.2) is 0 Å². The van der Waals surface area contributed by atoms with Crippen LogP contribution in [-0.2, 0) is 11.3 Å². The number of aromatic nitrogens is 2. The Labute approximate surface area is 157 Å². The summed E-state index contributed by atoms with van der Waals surface area (Å²) in [7, 11) is 0. The van der Waals surface area contributed by atoms with Crippen LogP contribution in [0.1, 0.15) is 29.0 Å². The second kappa shape index (κ2) is 7.23. The van der Waals surface area contributed by atoms with Gasteiger partial charge in [-0.2, -0.15) is 0 Å². The Balaban J connectivity index is 1.33. The van der Waals surface area contributed by atoms with Crippen LogP contribution in [0.3, 0.4) is 0 Å². The van der Waals surface area contributed by atoms with Crippen LogP contribution in [0.5, 0.6) is 0 Å². The normalized spacial score (nSPS) is 13.5. The number of fused-ring (bicyclic) bond motifs is 1. The molecular formula is C21H22N4O2. The lowest BCUT2D eigenvalue weighted by Crippen LogP contribution is -2.27. The molecule has 1 heterocycles. The quantitative estimate of drug-likeness (QED) is 0.707. The second-order valence-corrected chi connectivity index (χ2v) is 6.90. The summed E-state index contributed by atoms with van der Waals surface area (Å²) in [6, 6.07) is 15.0. The van der Waals surface area contributed by atoms with Crippen molar-refractivity contribution >= 4 is 28.5 Å². The summed E-state index contributed by atoms with van der Waals surface area (Å²) in [5.74, 6) is 1.03. The Morgan fingerprint density at radius 3 is 2.59 bits per heavy atom. The standard InChI is InChI=1S/C21H22N4O2/c1-14-23-18-4-2-3-5-19(18)25(14)13-12-22-20(26)15-8-10-17(11-9-15)24-21(27)16-6-7-16/h2-5,8-11,16H,6-7,12-13H2,1H3,(H,22,26)(H,24,27). The van der Waals surface area contributed by atoms with Crippen LogP contribution in [0.25, 0.3) is 11.0 Å². The van der Waals surface area contributed by atoms with Crippen molar-refractivity contribution in [1.29, 1.82) is 0 Å². The highest BCUT2D eigenvalue weighted by Gasteiger charge is 2.29. The predicted molar refractivity (Wildman–Crippen MR) is 105 cm³/mol. The summed E-state index contributed by atoms with van der Waals surface area (Å²) in [5.41, 5.74) is 3.33. The Morgan fingerprint density at radius 2 is 1.85 bits per heavy atom. The van der Waals surface area contributed by atoms with E-state index >= 15 is 0 Å². The van der Waals surface area contributed by atoms with Crippen molar-refractivity contribution in [2.45, 2.75) is 26.3 Å². The molecule has 2 aromatic carbocycles. The van der Waals surface area contributed by atoms with Crippen molar-refractivity contribution in [2.24, 2.45) is 5.92 Å². The molecule has 0 atom stereocenters. The fourth-order valence-corrected chi connectivity index (χ4v) is 3.16. The van der Waals surface area contributed by atoms with E-state index < -0.39 is 0 Å². The van der Waals surface area contributed by atoms with Gasteiger partial charge in [0.1, 0.15) is 5.82 Å². The van der Waals surface area contributed by atoms with Gasteiger partial charge in [-0.05, 0) is 56.2 Å². The van der Waals surface area contributed by atoms with Gasteiger partial charge in [-0.25, -0.2) is 4.98 Å². The van der Waals surface area contributed by atoms with Gasteiger partial charge >= 0.3 is 0 Å². The first-order valence-corrected chi connectivity index (χ1v) is 9.23. The molecule has 3 aromatic rings. The van der Waals surface area contributed by atoms with Gasteiger partial charge in [0.2, 0.25) is 5.91 Å². The number of carbonyl (C=O) groups excluding carboxylic acids is 2. The van der Waals surface area contributed by atoms with Crippen LogP contribution in [0.15, 0.2) is 48.5 Å². The van der Waals surface area contributed by atoms with Gasteiger partial charge in [0.05, 0.1) is 11.0 Å². The zero-order valence-corrected chi connectivity index (χ0v) is 15.2. The van der Waals surface area contributed by atoms with E-state index in [0.29, 0.717) is 18.7 Å². The molecule has 0 unspecified atom stereocenters. The van der Waals surface area contributed by atoms with Crippen molar-refractivity contribution in [2.75, 3.05) is 11.9 Å². The van der Waals surface area contributed by atoms with E-state index in [-0.39, 0.29) is 17.7 Å². The van der Waals surface area contributed by atoms with Crippen LogP contribution in [0.4, 0.5) is 5.69 Å². The van der Waals surface area contributed by atoms with E-state index in [4.69, 9.17) is 0 Å². The molecule has 0 spiro atoms. The fourth-order valence-electron chi connectivity index (χ4n) is 3.16. The minimum atomic E-state index is -0.128. The van der Waals surface area contributed by atoms with Gasteiger partial charge in [-0.3, -0.25) is 9.59 Å². The smallest absolute Gasteiger partial charge is 0.251 e. The monoisotopic (exact) mass is 362 g/mol. The lowest BCUT2D eigenvalue weighted by atomic mass is 10.2. The summed E-state index contributed by atoms with van der Waals surface area (Å²) in [6.45, 7) is 3.14. The van der Waals surface area contributed by atoms with E-state index in [2.05, 4.69) is 20.2 Å². The molecule has 6 nitrogen and oxygen atoms in total. The van der Waals surface area contributed by atoms with Crippen LogP contribution >= 0.6 is 0 Å². The fraction of sp³-hybridized carbons (Fsp3) is 0.286. The molecular weight excluding hydrogens is 340 g/mol. The molecule has 0 radical (unpaired) electrons. The minimum Gasteiger partial charge on any atom is -0.350 e. The molecule has 2 N–H and O–H groups in total. The molecule has 1 fully saturated rings. The number of hydrogen-bond donors (Lipinski definition) is 2. The highest BCUT2D eigenvalue weighted by molar-refractivity contribution is 5.96. The summed E-state index contributed by atoms with van der Waals surface area (Å²) >= 11 is 0. The molecule has 1 aliphatic rings. The zero-order chi connectivity index (χ0) is 18.8. The Hall–Kier alpha value is -3.15. The van der Waals surface area contributed by atoms with Crippen molar-refractivity contribution in [3.05, 3.63) is 59.9 Å². The number of aryl methyl sites for hydroxylation is 1. The highest BCUT2D eigenvalue weighted by Crippen LogP contribution is 2.30. The second-order valence-electron chi connectivity index (χ2n) is 6.90. The molecule has 138 valence electrons. The van der Waals surface area contributed by atoms with Gasteiger partial charge in [0, 0.05) is 30.3 Å². The Morgan fingerprint density at radius 1 is 1.11 bits per heavy atom. The molecule has 0 aliphatic heterocycles. The molecule has 0 saturated heterocycles. The van der Waals surface area contributed by atoms with Gasteiger partial charge in [-0.15, -0.1) is 0 Å². The summed E-state index contributed by atoms with van der Waals surface area (Å²) in [5, 5.41) is 5.82. The van der Waals surface area contributed by atoms with E-state index in [0.717, 1.165) is 35.4 Å². The molecule has 2 amide bonds. The third kappa shape index (κ3) is 3.84. The highest BCUT2D eigenvalue weighted by atomic mass is 16.2. The maximum atomic E-state index is 12.4. The number of carbonyl (C=O) groups is 2. The SMILES string of the molecule is Cc1nc2ccccc2n1CCNC(=O)c1ccc(NC(=O)C2CC2)cc1. The number of nitrogens with one attached hydrogen (secondary N) is 2. The van der Waals surface area contributed by atoms with Crippen LogP contribution in [0.2, 0.25) is 0 Å². The third-order valence-electron chi connectivity index (χ3n) is 4.83. The number of amides is 2. The maximum Gasteiger partial charge on any atom is 0.251 e. The van der Waals surface area contributed by atoms with Crippen LogP contribution in [0, 0.1) is 12.8 Å². The number of anilines is 1. The van der Waals surface area contributed by atoms with Crippen LogP contribution < -0.4 is 10.6 Å². The number of para-hydroxylation sites is 2. The van der Waals surface area contributed by atoms with Crippen molar-refractivity contribution in [3.63, 3.8) is 0 Å². The number of nitrogens with zero attached hydrogens (tertiary/aromatic N) is 2. The van der Waals surface area contributed by atoms with E-state index in [9.17, 15) is 9.59 Å². The number of rotatable bonds is 6. The third-order valence-corrected chi connectivity index (χ3v) is 4.83. The number of imidazole rings is 1. The Kier molecular flexibility index (Phi) is 4.62. The first-order valence-electron chi connectivity index (χ1n) is 9.23. The Bertz CT molecular complexity index is 987. The average molecular weight is 362 g/mol. The van der Waals surface area contributed by atoms with E-state index in [1.807, 2.05) is 31.2 Å². The molecule has 1 aliphatic carbocycles. The number of hydrogen-bond acceptors (Lipinski definition) is 3. The minimum absolute atomic E-state index is 0.0649. The average Bonchev–Trinajstić information content (AvgIpc) is 3.47. The van der Waals surface area contributed by atoms with Crippen molar-refractivity contribution in [1.82, 2.24) is 14.9 Å². The predicted octanol–water partition coefficient (Wildman–Crippen LogP) is 3.12. The molecule has 27 heavy (non-hydrogen) atoms. The van der Waals surface area contributed by atoms with Crippen LogP contribution in [-0.4, -0.2) is 27.9 Å². The number of benzene rings is 2. The van der Waals surface area contributed by atoms with Gasteiger partial charge < -0.3 is 15.2 Å². The molecule has 4 rings (SSSR count). The molecule has 6 heteroatoms. The summed E-state index contributed by atoms with van der Waals surface area (Å²) in [4.78, 5) is 28.7. The molecule has 1 saturated carbocycles. The first kappa shape index (κ1) is 17.3. The molecule has 1 aromatic heterocycles. The van der Waals surface area contributed by atoms with E-state index in [1.54, 1.807) is 24.3 Å². The van der Waals surface area contributed by atoms with E-state index in [1.165, 1.54) is 0 Å². The molecule has 0 bridgehead atoms. The summed E-state index contributed by atoms with van der Waals surface area (Å²) in [6.07, 6.45) is 1.94. The zero-order valence-electron chi connectivity index (χ0n) is 15.2. The first-order chi connectivity index (χ1) is 13.1. The maximum absolute atomic E-state index is 12.4. The van der Waals surface area contributed by atoms with Gasteiger partial charge in [-0.1, -0.05) is 12.1 Å². The summed E-state index contributed by atoms with van der Waals surface area (Å²) < 4.78 is 2.10.